The molecule has 3 rings (SSSR count). The van der Waals surface area contributed by atoms with Crippen molar-refractivity contribution in [2.45, 2.75) is 11.8 Å². The number of rotatable bonds is 3. The highest BCUT2D eigenvalue weighted by Crippen LogP contribution is 2.33. The predicted octanol–water partition coefficient (Wildman–Crippen LogP) is 2.86. The van der Waals surface area contributed by atoms with E-state index in [1.807, 2.05) is 0 Å². The molecule has 2 N–H and O–H groups in total. The molecule has 1 aromatic carbocycles. The molecule has 7 nitrogen and oxygen atoms in total. The van der Waals surface area contributed by atoms with Gasteiger partial charge in [0.25, 0.3) is 0 Å². The van der Waals surface area contributed by atoms with Gasteiger partial charge in [-0.05, 0) is 36.8 Å². The molecule has 3 aromatic rings. The van der Waals surface area contributed by atoms with Crippen LogP contribution in [-0.2, 0) is 9.73 Å². The largest absolute Gasteiger partial charge is 0.493 e. The molecule has 0 unspecified atom stereocenters. The summed E-state index contributed by atoms with van der Waals surface area (Å²) in [6.45, 7) is 1.76. The van der Waals surface area contributed by atoms with E-state index in [0.29, 0.717) is 27.5 Å². The van der Waals surface area contributed by atoms with E-state index in [9.17, 15) is 9.32 Å². The Kier molecular flexibility index (Phi) is 4.02. The molecule has 1 atom stereocenters. The Labute approximate surface area is 145 Å². The van der Waals surface area contributed by atoms with E-state index in [1.54, 1.807) is 37.3 Å². The molecule has 0 aliphatic carbocycles. The number of hydrogen-bond acceptors (Lipinski definition) is 6. The highest BCUT2D eigenvalue weighted by molar-refractivity contribution is 7.91. The van der Waals surface area contributed by atoms with Crippen molar-refractivity contribution in [2.24, 2.45) is 0 Å². The number of nitrogens with one attached hydrogen (secondary N) is 1. The smallest absolute Gasteiger partial charge is 0.223 e. The molecular formula is C17H15N5O2S. The van der Waals surface area contributed by atoms with Crippen molar-refractivity contribution in [3.8, 4) is 28.9 Å². The second kappa shape index (κ2) is 6.03. The van der Waals surface area contributed by atoms with Crippen LogP contribution in [-0.4, -0.2) is 30.3 Å². The lowest BCUT2D eigenvalue weighted by Crippen LogP contribution is -2.02. The van der Waals surface area contributed by atoms with Crippen molar-refractivity contribution in [1.82, 2.24) is 14.8 Å². The van der Waals surface area contributed by atoms with E-state index >= 15 is 0 Å². The van der Waals surface area contributed by atoms with E-state index in [4.69, 9.17) is 10.0 Å². The molecule has 0 saturated carbocycles. The highest BCUT2D eigenvalue weighted by Gasteiger charge is 2.18. The monoisotopic (exact) mass is 353 g/mol. The summed E-state index contributed by atoms with van der Waals surface area (Å²) in [5.74, 6) is 0.276. The first-order valence-electron chi connectivity index (χ1n) is 7.30. The van der Waals surface area contributed by atoms with E-state index in [1.165, 1.54) is 23.2 Å². The van der Waals surface area contributed by atoms with Gasteiger partial charge in [0, 0.05) is 12.5 Å². The highest BCUT2D eigenvalue weighted by atomic mass is 32.2. The van der Waals surface area contributed by atoms with E-state index in [-0.39, 0.29) is 5.88 Å². The van der Waals surface area contributed by atoms with Gasteiger partial charge < -0.3 is 5.11 Å². The van der Waals surface area contributed by atoms with Crippen LogP contribution in [0.3, 0.4) is 0 Å². The van der Waals surface area contributed by atoms with Crippen LogP contribution in [0.1, 0.15) is 11.3 Å². The molecule has 0 radical (unpaired) electrons. The molecule has 8 heteroatoms. The van der Waals surface area contributed by atoms with E-state index < -0.39 is 9.73 Å². The number of aromatic hydroxyl groups is 1. The summed E-state index contributed by atoms with van der Waals surface area (Å²) in [6.07, 6.45) is 2.67. The molecule has 0 amide bonds. The molecule has 0 spiro atoms. The Morgan fingerprint density at radius 2 is 1.92 bits per heavy atom. The molecular weight excluding hydrogens is 338 g/mol. The zero-order chi connectivity index (χ0) is 18.2. The zero-order valence-corrected chi connectivity index (χ0v) is 14.4. The van der Waals surface area contributed by atoms with Crippen LogP contribution in [0.2, 0.25) is 0 Å². The first-order chi connectivity index (χ1) is 11.8. The minimum absolute atomic E-state index is 0.0782. The number of aromatic nitrogens is 3. The van der Waals surface area contributed by atoms with Gasteiger partial charge in [-0.3, -0.25) is 0 Å². The summed E-state index contributed by atoms with van der Waals surface area (Å²) in [7, 11) is -2.85. The standard InChI is InChI=1S/C17H15N5O2S/c1-11-16(13-5-3-12(9-18)4-6-13)17(23)22(21-11)15-8-7-14(10-20-15)25(2,19)24/h3-8,10,19,23H,1-2H3/t25-/m0/s1. The SMILES string of the molecule is Cc1nn(-c2ccc([S@@](C)(=N)=O)cn2)c(O)c1-c1ccc(C#N)cc1. The van der Waals surface area contributed by atoms with Crippen molar-refractivity contribution in [2.75, 3.05) is 6.26 Å². The number of aryl methyl sites for hydroxylation is 1. The minimum Gasteiger partial charge on any atom is -0.493 e. The van der Waals surface area contributed by atoms with Gasteiger partial charge in [-0.25, -0.2) is 14.0 Å². The third kappa shape index (κ3) is 3.09. The lowest BCUT2D eigenvalue weighted by molar-refractivity contribution is 0.433. The Bertz CT molecular complexity index is 1080. The van der Waals surface area contributed by atoms with Gasteiger partial charge in [-0.1, -0.05) is 12.1 Å². The predicted molar refractivity (Wildman–Crippen MR) is 93.0 cm³/mol. The lowest BCUT2D eigenvalue weighted by Gasteiger charge is -2.05. The summed E-state index contributed by atoms with van der Waals surface area (Å²) in [4.78, 5) is 4.46. The second-order valence-electron chi connectivity index (χ2n) is 5.58. The van der Waals surface area contributed by atoms with Crippen molar-refractivity contribution in [3.63, 3.8) is 0 Å². The topological polar surface area (TPSA) is 116 Å². The first kappa shape index (κ1) is 16.7. The van der Waals surface area contributed by atoms with Crippen LogP contribution >= 0.6 is 0 Å². The molecule has 0 aliphatic rings. The Morgan fingerprint density at radius 3 is 2.44 bits per heavy atom. The van der Waals surface area contributed by atoms with Crippen molar-refractivity contribution in [3.05, 3.63) is 53.9 Å². The van der Waals surface area contributed by atoms with Crippen molar-refractivity contribution in [1.29, 1.82) is 10.0 Å². The van der Waals surface area contributed by atoms with E-state index in [2.05, 4.69) is 16.2 Å². The fourth-order valence-corrected chi connectivity index (χ4v) is 3.03. The first-order valence-corrected chi connectivity index (χ1v) is 9.27. The molecule has 25 heavy (non-hydrogen) atoms. The molecule has 0 bridgehead atoms. The van der Waals surface area contributed by atoms with Crippen LogP contribution in [0.5, 0.6) is 5.88 Å². The maximum atomic E-state index is 11.7. The van der Waals surface area contributed by atoms with Crippen LogP contribution in [0.4, 0.5) is 0 Å². The number of benzene rings is 1. The van der Waals surface area contributed by atoms with Crippen LogP contribution < -0.4 is 0 Å². The number of hydrogen-bond donors (Lipinski definition) is 2. The average Bonchev–Trinajstić information content (AvgIpc) is 2.89. The number of pyridine rings is 1. The fraction of sp³-hybridized carbons (Fsp3) is 0.118. The summed E-state index contributed by atoms with van der Waals surface area (Å²) < 4.78 is 20.6. The summed E-state index contributed by atoms with van der Waals surface area (Å²) >= 11 is 0. The van der Waals surface area contributed by atoms with Gasteiger partial charge in [-0.15, -0.1) is 0 Å². The second-order valence-corrected chi connectivity index (χ2v) is 7.74. The molecule has 0 aliphatic heterocycles. The van der Waals surface area contributed by atoms with Gasteiger partial charge >= 0.3 is 0 Å². The normalized spacial score (nSPS) is 13.2. The van der Waals surface area contributed by atoms with Gasteiger partial charge in [0.1, 0.15) is 0 Å². The van der Waals surface area contributed by atoms with Gasteiger partial charge in [0.05, 0.1) is 37.5 Å². The average molecular weight is 353 g/mol. The molecule has 126 valence electrons. The van der Waals surface area contributed by atoms with Crippen LogP contribution in [0, 0.1) is 23.0 Å². The Hall–Kier alpha value is -3.18. The molecule has 2 heterocycles. The minimum atomic E-state index is -2.85. The summed E-state index contributed by atoms with van der Waals surface area (Å²) in [5.41, 5.74) is 2.42. The number of nitrogens with zero attached hydrogens (tertiary/aromatic N) is 4. The Balaban J connectivity index is 2.06. The van der Waals surface area contributed by atoms with Crippen LogP contribution in [0.15, 0.2) is 47.5 Å². The van der Waals surface area contributed by atoms with Crippen molar-refractivity contribution >= 4 is 9.73 Å². The third-order valence-electron chi connectivity index (χ3n) is 3.73. The van der Waals surface area contributed by atoms with Crippen LogP contribution in [0.25, 0.3) is 16.9 Å². The summed E-state index contributed by atoms with van der Waals surface area (Å²) in [5, 5.41) is 23.8. The molecule has 0 fully saturated rings. The lowest BCUT2D eigenvalue weighted by atomic mass is 10.0. The van der Waals surface area contributed by atoms with E-state index in [0.717, 1.165) is 5.56 Å². The number of nitriles is 1. The Morgan fingerprint density at radius 1 is 1.24 bits per heavy atom. The zero-order valence-electron chi connectivity index (χ0n) is 13.6. The maximum absolute atomic E-state index is 11.7. The molecule has 0 saturated heterocycles. The molecule has 2 aromatic heterocycles. The van der Waals surface area contributed by atoms with Gasteiger partial charge in [-0.2, -0.15) is 15.0 Å². The maximum Gasteiger partial charge on any atom is 0.223 e. The van der Waals surface area contributed by atoms with Gasteiger partial charge in [0.15, 0.2) is 5.82 Å². The fourth-order valence-electron chi connectivity index (χ4n) is 2.45. The van der Waals surface area contributed by atoms with Crippen molar-refractivity contribution < 1.29 is 9.32 Å². The van der Waals surface area contributed by atoms with Gasteiger partial charge in [0.2, 0.25) is 5.88 Å². The quantitative estimate of drug-likeness (QED) is 0.751. The third-order valence-corrected chi connectivity index (χ3v) is 4.87. The summed E-state index contributed by atoms with van der Waals surface area (Å²) in [6, 6.07) is 12.0.